The van der Waals surface area contributed by atoms with E-state index in [2.05, 4.69) is 4.98 Å². The molecule has 0 saturated heterocycles. The Morgan fingerprint density at radius 1 is 1.53 bits per heavy atom. The largest absolute Gasteiger partial charge is 0.481 e. The van der Waals surface area contributed by atoms with E-state index in [0.29, 0.717) is 31.1 Å². The van der Waals surface area contributed by atoms with Crippen molar-refractivity contribution in [3.8, 4) is 0 Å². The number of imidazole rings is 1. The molecule has 0 unspecified atom stereocenters. The van der Waals surface area contributed by atoms with Crippen molar-refractivity contribution in [2.24, 2.45) is 0 Å². The van der Waals surface area contributed by atoms with E-state index in [1.807, 2.05) is 11.5 Å². The van der Waals surface area contributed by atoms with Gasteiger partial charge in [0, 0.05) is 24.9 Å². The Morgan fingerprint density at radius 3 is 2.89 bits per heavy atom. The molecule has 0 fully saturated rings. The van der Waals surface area contributed by atoms with E-state index < -0.39 is 5.97 Å². The first-order valence-corrected chi connectivity index (χ1v) is 7.05. The molecule has 1 rings (SSSR count). The van der Waals surface area contributed by atoms with Gasteiger partial charge in [0.1, 0.15) is 0 Å². The second-order valence-corrected chi connectivity index (χ2v) is 4.87. The molecule has 0 aliphatic carbocycles. The number of carbonyl (C=O) groups is 2. The zero-order valence-corrected chi connectivity index (χ0v) is 11.9. The van der Waals surface area contributed by atoms with E-state index in [1.165, 1.54) is 11.8 Å². The molecular weight excluding hydrogens is 268 g/mol. The maximum Gasteiger partial charge on any atom is 0.313 e. The van der Waals surface area contributed by atoms with Crippen LogP contribution in [0.25, 0.3) is 0 Å². The molecule has 0 radical (unpaired) electrons. The van der Waals surface area contributed by atoms with Crippen molar-refractivity contribution in [2.45, 2.75) is 38.4 Å². The van der Waals surface area contributed by atoms with Gasteiger partial charge < -0.3 is 14.4 Å². The molecule has 1 aromatic heterocycles. The first kappa shape index (κ1) is 15.6. The number of carboxylic acids is 1. The molecular formula is C12H18N2O4S. The number of esters is 1. The number of aromatic nitrogens is 2. The molecule has 7 heteroatoms. The van der Waals surface area contributed by atoms with Crippen LogP contribution in [0.5, 0.6) is 0 Å². The Bertz CT molecular complexity index is 445. The Hall–Kier alpha value is -1.50. The van der Waals surface area contributed by atoms with Crippen LogP contribution < -0.4 is 0 Å². The van der Waals surface area contributed by atoms with Crippen LogP contribution in [0.1, 0.15) is 25.5 Å². The number of hydrogen-bond acceptors (Lipinski definition) is 5. The lowest BCUT2D eigenvalue weighted by Crippen LogP contribution is -2.08. The molecule has 0 bridgehead atoms. The minimum absolute atomic E-state index is 0.0195. The number of thioether (sulfide) groups is 1. The summed E-state index contributed by atoms with van der Waals surface area (Å²) in [6, 6.07) is 0. The van der Waals surface area contributed by atoms with Gasteiger partial charge in [-0.15, -0.1) is 0 Å². The van der Waals surface area contributed by atoms with Gasteiger partial charge in [-0.1, -0.05) is 11.8 Å². The van der Waals surface area contributed by atoms with Gasteiger partial charge >= 0.3 is 11.9 Å². The number of carboxylic acid groups (broad SMARTS) is 1. The van der Waals surface area contributed by atoms with Crippen molar-refractivity contribution in [1.29, 1.82) is 0 Å². The monoisotopic (exact) mass is 286 g/mol. The van der Waals surface area contributed by atoms with E-state index in [1.54, 1.807) is 13.1 Å². The number of aliphatic carboxylic acids is 1. The van der Waals surface area contributed by atoms with Gasteiger partial charge in [0.15, 0.2) is 5.16 Å². The predicted octanol–water partition coefficient (Wildman–Crippen LogP) is 1.71. The third kappa shape index (κ3) is 5.34. The molecule has 19 heavy (non-hydrogen) atoms. The number of nitrogens with zero attached hydrogens (tertiary/aromatic N) is 2. The summed E-state index contributed by atoms with van der Waals surface area (Å²) in [5.41, 5.74) is 0.955. The summed E-state index contributed by atoms with van der Waals surface area (Å²) in [5.74, 6) is -1.10. The molecule has 1 aromatic rings. The normalized spacial score (nSPS) is 10.4. The molecule has 0 spiro atoms. The SMILES string of the molecule is CCOC(=O)CCCn1c(C)cnc1SCC(=O)O. The van der Waals surface area contributed by atoms with Gasteiger partial charge in [-0.3, -0.25) is 9.59 Å². The molecule has 1 N–H and O–H groups in total. The molecule has 6 nitrogen and oxygen atoms in total. The Labute approximate surface area is 116 Å². The molecule has 0 aliphatic rings. The number of rotatable bonds is 8. The fraction of sp³-hybridized carbons (Fsp3) is 0.583. The lowest BCUT2D eigenvalue weighted by molar-refractivity contribution is -0.143. The highest BCUT2D eigenvalue weighted by atomic mass is 32.2. The fourth-order valence-corrected chi connectivity index (χ4v) is 2.34. The Balaban J connectivity index is 2.50. The molecule has 106 valence electrons. The third-order valence-electron chi connectivity index (χ3n) is 2.41. The average Bonchev–Trinajstić information content (AvgIpc) is 2.69. The highest BCUT2D eigenvalue weighted by Crippen LogP contribution is 2.18. The summed E-state index contributed by atoms with van der Waals surface area (Å²) in [6.45, 7) is 4.70. The van der Waals surface area contributed by atoms with Crippen molar-refractivity contribution < 1.29 is 19.4 Å². The molecule has 0 aromatic carbocycles. The highest BCUT2D eigenvalue weighted by molar-refractivity contribution is 7.99. The minimum Gasteiger partial charge on any atom is -0.481 e. The van der Waals surface area contributed by atoms with Crippen molar-refractivity contribution >= 4 is 23.7 Å². The summed E-state index contributed by atoms with van der Waals surface area (Å²) in [5, 5.41) is 9.33. The quantitative estimate of drug-likeness (QED) is 0.579. The van der Waals surface area contributed by atoms with E-state index in [-0.39, 0.29) is 11.7 Å². The van der Waals surface area contributed by atoms with Crippen LogP contribution in [0.2, 0.25) is 0 Å². The third-order valence-corrected chi connectivity index (χ3v) is 3.39. The van der Waals surface area contributed by atoms with E-state index in [9.17, 15) is 9.59 Å². The fourth-order valence-electron chi connectivity index (χ4n) is 1.57. The van der Waals surface area contributed by atoms with Crippen LogP contribution in [-0.4, -0.2) is 39.0 Å². The topological polar surface area (TPSA) is 81.4 Å². The summed E-state index contributed by atoms with van der Waals surface area (Å²) in [4.78, 5) is 25.9. The van der Waals surface area contributed by atoms with Gasteiger partial charge in [-0.05, 0) is 20.3 Å². The van der Waals surface area contributed by atoms with Crippen molar-refractivity contribution in [3.05, 3.63) is 11.9 Å². The van der Waals surface area contributed by atoms with E-state index in [4.69, 9.17) is 9.84 Å². The average molecular weight is 286 g/mol. The summed E-state index contributed by atoms with van der Waals surface area (Å²) in [7, 11) is 0. The number of hydrogen-bond donors (Lipinski definition) is 1. The van der Waals surface area contributed by atoms with Gasteiger partial charge in [-0.25, -0.2) is 4.98 Å². The van der Waals surface area contributed by atoms with E-state index >= 15 is 0 Å². The molecule has 0 aliphatic heterocycles. The standard InChI is InChI=1S/C12H18N2O4S/c1-3-18-11(17)5-4-6-14-9(2)7-13-12(14)19-8-10(15)16/h7H,3-6,8H2,1-2H3,(H,15,16). The van der Waals surface area contributed by atoms with Gasteiger partial charge in [0.25, 0.3) is 0 Å². The number of aryl methyl sites for hydroxylation is 1. The zero-order chi connectivity index (χ0) is 14.3. The molecule has 0 atom stereocenters. The van der Waals surface area contributed by atoms with Crippen LogP contribution in [0.4, 0.5) is 0 Å². The second-order valence-electron chi connectivity index (χ2n) is 3.92. The summed E-state index contributed by atoms with van der Waals surface area (Å²) < 4.78 is 6.78. The first-order valence-electron chi connectivity index (χ1n) is 6.07. The molecule has 0 saturated carbocycles. The van der Waals surface area contributed by atoms with Crippen LogP contribution in [0.15, 0.2) is 11.4 Å². The van der Waals surface area contributed by atoms with Crippen LogP contribution in [0.3, 0.4) is 0 Å². The maximum atomic E-state index is 11.2. The van der Waals surface area contributed by atoms with Gasteiger partial charge in [0.2, 0.25) is 0 Å². The van der Waals surface area contributed by atoms with Crippen molar-refractivity contribution in [3.63, 3.8) is 0 Å². The predicted molar refractivity (Wildman–Crippen MR) is 71.2 cm³/mol. The van der Waals surface area contributed by atoms with Crippen molar-refractivity contribution in [2.75, 3.05) is 12.4 Å². The molecule has 0 amide bonds. The molecule has 1 heterocycles. The minimum atomic E-state index is -0.872. The van der Waals surface area contributed by atoms with Crippen LogP contribution in [-0.2, 0) is 20.9 Å². The van der Waals surface area contributed by atoms with E-state index in [0.717, 1.165) is 5.69 Å². The van der Waals surface area contributed by atoms with Crippen molar-refractivity contribution in [1.82, 2.24) is 9.55 Å². The lowest BCUT2D eigenvalue weighted by Gasteiger charge is -2.08. The lowest BCUT2D eigenvalue weighted by atomic mass is 10.3. The number of carbonyl (C=O) groups excluding carboxylic acids is 1. The summed E-state index contributed by atoms with van der Waals surface area (Å²) >= 11 is 1.18. The van der Waals surface area contributed by atoms with Gasteiger partial charge in [-0.2, -0.15) is 0 Å². The zero-order valence-electron chi connectivity index (χ0n) is 11.1. The van der Waals surface area contributed by atoms with Crippen LogP contribution >= 0.6 is 11.8 Å². The van der Waals surface area contributed by atoms with Crippen LogP contribution in [0, 0.1) is 6.92 Å². The van der Waals surface area contributed by atoms with Gasteiger partial charge in [0.05, 0.1) is 12.4 Å². The smallest absolute Gasteiger partial charge is 0.313 e. The second kappa shape index (κ2) is 7.83. The summed E-state index contributed by atoms with van der Waals surface area (Å²) in [6.07, 6.45) is 2.71. The Morgan fingerprint density at radius 2 is 2.26 bits per heavy atom. The highest BCUT2D eigenvalue weighted by Gasteiger charge is 2.10. The Kier molecular flexibility index (Phi) is 6.41. The first-order chi connectivity index (χ1) is 9.04. The maximum absolute atomic E-state index is 11.2. The number of ether oxygens (including phenoxy) is 1.